The fraction of sp³-hybridized carbons (Fsp3) is 0.829. The van der Waals surface area contributed by atoms with Crippen molar-refractivity contribution in [2.45, 2.75) is 137 Å². The molecule has 0 radical (unpaired) electrons. The van der Waals surface area contributed by atoms with Crippen molar-refractivity contribution in [1.29, 1.82) is 0 Å². The van der Waals surface area contributed by atoms with E-state index >= 15 is 0 Å². The van der Waals surface area contributed by atoms with Crippen molar-refractivity contribution in [3.8, 4) is 0 Å². The first-order chi connectivity index (χ1) is 19.1. The van der Waals surface area contributed by atoms with Gasteiger partial charge in [0.1, 0.15) is 12.2 Å². The van der Waals surface area contributed by atoms with Crippen LogP contribution in [0.25, 0.3) is 0 Å². The number of hydrogen-bond acceptors (Lipinski definition) is 4. The minimum atomic E-state index is 0.00671. The summed E-state index contributed by atoms with van der Waals surface area (Å²) in [7, 11) is 0. The van der Waals surface area contributed by atoms with E-state index in [2.05, 4.69) is 46.0 Å². The Morgan fingerprint density at radius 3 is 2.73 bits per heavy atom. The van der Waals surface area contributed by atoms with Crippen molar-refractivity contribution in [2.24, 2.45) is 40.4 Å². The molecule has 3 fully saturated rings. The Balaban J connectivity index is 1.23. The topological polar surface area (TPSA) is 64.6 Å². The number of carbonyl (C=O) groups excluding carboxylic acids is 2. The van der Waals surface area contributed by atoms with E-state index in [4.69, 9.17) is 9.47 Å². The fourth-order valence-electron chi connectivity index (χ4n) is 9.87. The van der Waals surface area contributed by atoms with Gasteiger partial charge < -0.3 is 14.8 Å². The molecule has 0 spiro atoms. The number of rotatable bonds is 10. The molecule has 4 aliphatic carbocycles. The molecule has 5 rings (SSSR count). The number of allylic oxidation sites excluding steroid dienone is 2. The molecule has 5 aliphatic rings. The molecule has 5 heteroatoms. The second-order valence-electron chi connectivity index (χ2n) is 14.7. The summed E-state index contributed by atoms with van der Waals surface area (Å²) in [6.45, 7) is 14.2. The molecule has 1 heterocycles. The lowest BCUT2D eigenvalue weighted by Crippen LogP contribution is -2.50. The number of fused-ring (bicyclic) bond motifs is 7. The van der Waals surface area contributed by atoms with Crippen LogP contribution in [0, 0.1) is 40.4 Å². The third-order valence-electron chi connectivity index (χ3n) is 12.1. The van der Waals surface area contributed by atoms with E-state index < -0.39 is 0 Å². The lowest BCUT2D eigenvalue weighted by atomic mass is 9.47. The minimum absolute atomic E-state index is 0.00671. The standard InChI is InChI=1S/C35H55NO4/c1-7-8-9-10-32(38)39-26-15-17-34(5)25(19-26)12-13-27-28(34)16-18-35(6)29(27)20-31-33(35)23(3)30(40-31)14-11-22(2)21-36-24(4)37/h12,22,26-29,31,33H,7-11,13-21H2,1-6H3,(H,36,37)/t22-,26+,27-,28+,29-,31-,33+,34-,35-/m0/s1. The summed E-state index contributed by atoms with van der Waals surface area (Å²) in [5.74, 6) is 4.51. The van der Waals surface area contributed by atoms with Gasteiger partial charge in [0.15, 0.2) is 0 Å². The predicted molar refractivity (Wildman–Crippen MR) is 159 cm³/mol. The summed E-state index contributed by atoms with van der Waals surface area (Å²) in [6, 6.07) is 0. The molecule has 3 saturated carbocycles. The van der Waals surface area contributed by atoms with Crippen LogP contribution in [0.15, 0.2) is 23.0 Å². The van der Waals surface area contributed by atoms with E-state index in [-0.39, 0.29) is 23.4 Å². The highest BCUT2D eigenvalue weighted by molar-refractivity contribution is 5.72. The number of esters is 1. The molecule has 9 atom stereocenters. The van der Waals surface area contributed by atoms with Crippen LogP contribution in [-0.2, 0) is 19.1 Å². The van der Waals surface area contributed by atoms with Crippen molar-refractivity contribution in [1.82, 2.24) is 5.32 Å². The zero-order chi connectivity index (χ0) is 28.7. The van der Waals surface area contributed by atoms with Crippen molar-refractivity contribution < 1.29 is 19.1 Å². The fourth-order valence-corrected chi connectivity index (χ4v) is 9.87. The van der Waals surface area contributed by atoms with E-state index in [0.717, 1.165) is 75.7 Å². The molecule has 224 valence electrons. The van der Waals surface area contributed by atoms with Gasteiger partial charge in [0.05, 0.1) is 5.76 Å². The summed E-state index contributed by atoms with van der Waals surface area (Å²) in [4.78, 5) is 23.7. The van der Waals surface area contributed by atoms with E-state index in [1.165, 1.54) is 37.0 Å². The van der Waals surface area contributed by atoms with Gasteiger partial charge in [-0.05, 0) is 98.4 Å². The number of unbranched alkanes of at least 4 members (excludes halogenated alkanes) is 2. The van der Waals surface area contributed by atoms with Crippen LogP contribution in [-0.4, -0.2) is 30.6 Å². The monoisotopic (exact) mass is 553 g/mol. The Morgan fingerprint density at radius 1 is 1.18 bits per heavy atom. The molecule has 1 N–H and O–H groups in total. The number of ether oxygens (including phenoxy) is 2. The van der Waals surface area contributed by atoms with Gasteiger partial charge in [0.2, 0.25) is 5.91 Å². The maximum atomic E-state index is 12.4. The molecular weight excluding hydrogens is 498 g/mol. The summed E-state index contributed by atoms with van der Waals surface area (Å²) in [5.41, 5.74) is 3.68. The highest BCUT2D eigenvalue weighted by Gasteiger charge is 2.63. The molecule has 0 aromatic heterocycles. The molecule has 0 saturated heterocycles. The third kappa shape index (κ3) is 5.52. The Hall–Kier alpha value is -1.78. The van der Waals surface area contributed by atoms with Gasteiger partial charge in [0.25, 0.3) is 0 Å². The van der Waals surface area contributed by atoms with Gasteiger partial charge in [-0.15, -0.1) is 0 Å². The quantitative estimate of drug-likeness (QED) is 0.170. The first kappa shape index (κ1) is 29.7. The number of hydrogen-bond donors (Lipinski definition) is 1. The smallest absolute Gasteiger partial charge is 0.306 e. The van der Waals surface area contributed by atoms with Gasteiger partial charge >= 0.3 is 5.97 Å². The Kier molecular flexibility index (Phi) is 8.79. The Labute approximate surface area is 243 Å². The Bertz CT molecular complexity index is 1030. The molecule has 1 aliphatic heterocycles. The van der Waals surface area contributed by atoms with Crippen molar-refractivity contribution in [2.75, 3.05) is 6.54 Å². The average Bonchev–Trinajstić information content (AvgIpc) is 3.39. The lowest BCUT2D eigenvalue weighted by molar-refractivity contribution is -0.151. The molecular formula is C35H55NO4. The summed E-state index contributed by atoms with van der Waals surface area (Å²) < 4.78 is 12.7. The van der Waals surface area contributed by atoms with Crippen LogP contribution in [0.3, 0.4) is 0 Å². The van der Waals surface area contributed by atoms with Gasteiger partial charge in [-0.25, -0.2) is 0 Å². The van der Waals surface area contributed by atoms with Crippen LogP contribution in [0.5, 0.6) is 0 Å². The normalized spacial score (nSPS) is 38.8. The van der Waals surface area contributed by atoms with E-state index in [1.807, 2.05) is 0 Å². The summed E-state index contributed by atoms with van der Waals surface area (Å²) in [6.07, 6.45) is 16.9. The molecule has 0 bridgehead atoms. The largest absolute Gasteiger partial charge is 0.494 e. The van der Waals surface area contributed by atoms with Crippen molar-refractivity contribution >= 4 is 11.9 Å². The van der Waals surface area contributed by atoms with Crippen LogP contribution in [0.2, 0.25) is 0 Å². The second kappa shape index (κ2) is 11.8. The predicted octanol–water partition coefficient (Wildman–Crippen LogP) is 7.89. The zero-order valence-electron chi connectivity index (χ0n) is 26.2. The van der Waals surface area contributed by atoms with Crippen molar-refractivity contribution in [3.63, 3.8) is 0 Å². The molecule has 0 unspecified atom stereocenters. The minimum Gasteiger partial charge on any atom is -0.494 e. The molecule has 1 amide bonds. The molecule has 0 aromatic carbocycles. The maximum Gasteiger partial charge on any atom is 0.306 e. The van der Waals surface area contributed by atoms with E-state index in [0.29, 0.717) is 29.8 Å². The SMILES string of the molecule is CCCCCC(=O)O[C@@H]1CC[C@@]2(C)C(=CC[C@H]3[C@H]2CC[C@]2(C)[C@@H]4C(C)=C(CC[C@H](C)CNC(C)=O)O[C@H]4C[C@@H]32)C1. The van der Waals surface area contributed by atoms with Crippen LogP contribution in [0.1, 0.15) is 125 Å². The molecule has 0 aromatic rings. The van der Waals surface area contributed by atoms with E-state index in [9.17, 15) is 9.59 Å². The number of carbonyl (C=O) groups is 2. The molecule has 5 nitrogen and oxygen atoms in total. The first-order valence-electron chi connectivity index (χ1n) is 16.6. The summed E-state index contributed by atoms with van der Waals surface area (Å²) in [5, 5.41) is 2.96. The van der Waals surface area contributed by atoms with E-state index in [1.54, 1.807) is 12.5 Å². The van der Waals surface area contributed by atoms with Crippen LogP contribution < -0.4 is 5.32 Å². The highest BCUT2D eigenvalue weighted by Crippen LogP contribution is 2.69. The Morgan fingerprint density at radius 2 is 1.98 bits per heavy atom. The second-order valence-corrected chi connectivity index (χ2v) is 14.7. The van der Waals surface area contributed by atoms with Crippen molar-refractivity contribution in [3.05, 3.63) is 23.0 Å². The van der Waals surface area contributed by atoms with Crippen LogP contribution >= 0.6 is 0 Å². The van der Waals surface area contributed by atoms with Gasteiger partial charge in [-0.3, -0.25) is 9.59 Å². The molecule has 40 heavy (non-hydrogen) atoms. The number of nitrogens with one attached hydrogen (secondary N) is 1. The number of amides is 1. The lowest BCUT2D eigenvalue weighted by Gasteiger charge is -2.58. The first-order valence-corrected chi connectivity index (χ1v) is 16.6. The van der Waals surface area contributed by atoms with Gasteiger partial charge in [-0.1, -0.05) is 52.2 Å². The average molecular weight is 554 g/mol. The summed E-state index contributed by atoms with van der Waals surface area (Å²) >= 11 is 0. The zero-order valence-corrected chi connectivity index (χ0v) is 26.2. The third-order valence-corrected chi connectivity index (χ3v) is 12.1. The van der Waals surface area contributed by atoms with Crippen LogP contribution in [0.4, 0.5) is 0 Å². The van der Waals surface area contributed by atoms with Gasteiger partial charge in [-0.2, -0.15) is 0 Å². The highest BCUT2D eigenvalue weighted by atomic mass is 16.5. The maximum absolute atomic E-state index is 12.4. The van der Waals surface area contributed by atoms with Gasteiger partial charge in [0, 0.05) is 38.6 Å².